The molecule has 118 valence electrons. The Hall–Kier alpha value is -2.25. The molecule has 2 aromatic carbocycles. The molecule has 2 aromatic rings. The normalized spacial score (nSPS) is 11.6. The van der Waals surface area contributed by atoms with Crippen LogP contribution in [0.5, 0.6) is 5.75 Å². The minimum atomic E-state index is -4.65. The van der Waals surface area contributed by atoms with Crippen LogP contribution in [-0.4, -0.2) is 12.8 Å². The molecule has 0 amide bonds. The SMILES string of the molecule is Fc1cc(F)c(-c2ccc(OCC(F)(F)F)c(F)c2)c(F)c1. The van der Waals surface area contributed by atoms with Crippen molar-refractivity contribution in [3.63, 3.8) is 0 Å². The first-order valence-electron chi connectivity index (χ1n) is 5.81. The molecule has 0 aromatic heterocycles. The molecule has 0 N–H and O–H groups in total. The summed E-state index contributed by atoms with van der Waals surface area (Å²) in [6, 6.07) is 3.19. The van der Waals surface area contributed by atoms with Gasteiger partial charge in [-0.3, -0.25) is 0 Å². The smallest absolute Gasteiger partial charge is 0.422 e. The molecule has 0 spiro atoms. The summed E-state index contributed by atoms with van der Waals surface area (Å²) in [5.41, 5.74) is -0.991. The Morgan fingerprint density at radius 3 is 1.91 bits per heavy atom. The molecule has 0 fully saturated rings. The van der Waals surface area contributed by atoms with Gasteiger partial charge in [-0.15, -0.1) is 0 Å². The van der Waals surface area contributed by atoms with Crippen molar-refractivity contribution in [1.82, 2.24) is 0 Å². The van der Waals surface area contributed by atoms with Crippen LogP contribution in [0.3, 0.4) is 0 Å². The molecular formula is C14H7F7O. The minimum Gasteiger partial charge on any atom is -0.481 e. The van der Waals surface area contributed by atoms with Crippen LogP contribution in [0.15, 0.2) is 30.3 Å². The molecule has 0 atom stereocenters. The molecule has 22 heavy (non-hydrogen) atoms. The van der Waals surface area contributed by atoms with E-state index < -0.39 is 47.4 Å². The Labute approximate surface area is 119 Å². The number of halogens is 7. The molecule has 0 heterocycles. The maximum absolute atomic E-state index is 13.6. The van der Waals surface area contributed by atoms with Gasteiger partial charge in [0, 0.05) is 12.1 Å². The number of benzene rings is 2. The molecule has 0 radical (unpaired) electrons. The van der Waals surface area contributed by atoms with Crippen LogP contribution >= 0.6 is 0 Å². The summed E-state index contributed by atoms with van der Waals surface area (Å²) in [4.78, 5) is 0. The van der Waals surface area contributed by atoms with E-state index in [0.29, 0.717) is 18.2 Å². The zero-order valence-corrected chi connectivity index (χ0v) is 10.6. The van der Waals surface area contributed by atoms with E-state index in [1.165, 1.54) is 0 Å². The minimum absolute atomic E-state index is 0.299. The average molecular weight is 324 g/mol. The van der Waals surface area contributed by atoms with E-state index in [1.807, 2.05) is 0 Å². The molecule has 0 saturated heterocycles. The molecule has 1 nitrogen and oxygen atoms in total. The first-order valence-corrected chi connectivity index (χ1v) is 5.81. The van der Waals surface area contributed by atoms with Gasteiger partial charge in [0.25, 0.3) is 0 Å². The second-order valence-electron chi connectivity index (χ2n) is 4.29. The monoisotopic (exact) mass is 324 g/mol. The fourth-order valence-corrected chi connectivity index (χ4v) is 1.75. The zero-order valence-electron chi connectivity index (χ0n) is 10.6. The molecular weight excluding hydrogens is 317 g/mol. The van der Waals surface area contributed by atoms with Gasteiger partial charge in [0.1, 0.15) is 17.5 Å². The predicted octanol–water partition coefficient (Wildman–Crippen LogP) is 4.85. The third-order valence-corrected chi connectivity index (χ3v) is 2.62. The molecule has 0 unspecified atom stereocenters. The highest BCUT2D eigenvalue weighted by molar-refractivity contribution is 5.65. The highest BCUT2D eigenvalue weighted by Gasteiger charge is 2.29. The Balaban J connectivity index is 2.34. The van der Waals surface area contributed by atoms with Crippen LogP contribution in [0.4, 0.5) is 30.7 Å². The first kappa shape index (κ1) is 16.1. The lowest BCUT2D eigenvalue weighted by Crippen LogP contribution is -2.19. The average Bonchev–Trinajstić information content (AvgIpc) is 2.35. The van der Waals surface area contributed by atoms with Gasteiger partial charge in [-0.05, 0) is 17.7 Å². The second-order valence-corrected chi connectivity index (χ2v) is 4.29. The van der Waals surface area contributed by atoms with E-state index >= 15 is 0 Å². The van der Waals surface area contributed by atoms with E-state index in [2.05, 4.69) is 4.74 Å². The van der Waals surface area contributed by atoms with Crippen molar-refractivity contribution in [2.75, 3.05) is 6.61 Å². The summed E-state index contributed by atoms with van der Waals surface area (Å²) in [5, 5.41) is 0. The fraction of sp³-hybridized carbons (Fsp3) is 0.143. The second kappa shape index (κ2) is 5.86. The van der Waals surface area contributed by atoms with Gasteiger partial charge >= 0.3 is 6.18 Å². The van der Waals surface area contributed by atoms with Crippen molar-refractivity contribution in [2.24, 2.45) is 0 Å². The molecule has 8 heteroatoms. The quantitative estimate of drug-likeness (QED) is 0.733. The molecule has 0 aliphatic carbocycles. The van der Waals surface area contributed by atoms with E-state index in [1.54, 1.807) is 0 Å². The Morgan fingerprint density at radius 1 is 0.818 bits per heavy atom. The Bertz CT molecular complexity index is 671. The van der Waals surface area contributed by atoms with Crippen molar-refractivity contribution in [3.05, 3.63) is 53.6 Å². The predicted molar refractivity (Wildman–Crippen MR) is 63.3 cm³/mol. The number of rotatable bonds is 3. The summed E-state index contributed by atoms with van der Waals surface area (Å²) in [5.74, 6) is -5.63. The molecule has 0 aliphatic heterocycles. The van der Waals surface area contributed by atoms with Crippen LogP contribution < -0.4 is 4.74 Å². The molecule has 0 aliphatic rings. The summed E-state index contributed by atoms with van der Waals surface area (Å²) < 4.78 is 93.7. The van der Waals surface area contributed by atoms with Crippen LogP contribution in [0, 0.1) is 23.3 Å². The van der Waals surface area contributed by atoms with Crippen molar-refractivity contribution < 1.29 is 35.5 Å². The largest absolute Gasteiger partial charge is 0.481 e. The van der Waals surface area contributed by atoms with Crippen molar-refractivity contribution >= 4 is 0 Å². The number of alkyl halides is 3. The van der Waals surface area contributed by atoms with E-state index in [-0.39, 0.29) is 5.56 Å². The van der Waals surface area contributed by atoms with Crippen molar-refractivity contribution in [3.8, 4) is 16.9 Å². The summed E-state index contributed by atoms with van der Waals surface area (Å²) in [6.07, 6.45) is -4.65. The standard InChI is InChI=1S/C14H7F7O/c15-8-4-10(17)13(11(18)5-8)7-1-2-12(9(16)3-7)22-6-14(19,20)21/h1-5H,6H2. The lowest BCUT2D eigenvalue weighted by molar-refractivity contribution is -0.153. The van der Waals surface area contributed by atoms with Crippen LogP contribution in [0.25, 0.3) is 11.1 Å². The number of ether oxygens (including phenoxy) is 1. The Morgan fingerprint density at radius 2 is 1.41 bits per heavy atom. The third-order valence-electron chi connectivity index (χ3n) is 2.62. The van der Waals surface area contributed by atoms with Gasteiger partial charge in [-0.1, -0.05) is 6.07 Å². The van der Waals surface area contributed by atoms with Crippen LogP contribution in [0.2, 0.25) is 0 Å². The number of hydrogen-bond donors (Lipinski definition) is 0. The lowest BCUT2D eigenvalue weighted by Gasteiger charge is -2.11. The van der Waals surface area contributed by atoms with E-state index in [9.17, 15) is 30.7 Å². The lowest BCUT2D eigenvalue weighted by atomic mass is 10.0. The van der Waals surface area contributed by atoms with E-state index in [0.717, 1.165) is 12.1 Å². The highest BCUT2D eigenvalue weighted by Crippen LogP contribution is 2.31. The van der Waals surface area contributed by atoms with Crippen molar-refractivity contribution in [2.45, 2.75) is 6.18 Å². The summed E-state index contributed by atoms with van der Waals surface area (Å²) >= 11 is 0. The van der Waals surface area contributed by atoms with Gasteiger partial charge in [-0.2, -0.15) is 13.2 Å². The third kappa shape index (κ3) is 3.69. The molecule has 0 saturated carbocycles. The zero-order chi connectivity index (χ0) is 16.5. The van der Waals surface area contributed by atoms with E-state index in [4.69, 9.17) is 0 Å². The highest BCUT2D eigenvalue weighted by atomic mass is 19.4. The van der Waals surface area contributed by atoms with Gasteiger partial charge in [0.2, 0.25) is 0 Å². The fourth-order valence-electron chi connectivity index (χ4n) is 1.75. The van der Waals surface area contributed by atoms with Crippen LogP contribution in [-0.2, 0) is 0 Å². The summed E-state index contributed by atoms with van der Waals surface area (Å²) in [7, 11) is 0. The van der Waals surface area contributed by atoms with Crippen LogP contribution in [0.1, 0.15) is 0 Å². The maximum atomic E-state index is 13.6. The maximum Gasteiger partial charge on any atom is 0.422 e. The summed E-state index contributed by atoms with van der Waals surface area (Å²) in [6.45, 7) is -1.71. The van der Waals surface area contributed by atoms with Gasteiger partial charge in [0.15, 0.2) is 18.2 Å². The number of hydrogen-bond acceptors (Lipinski definition) is 1. The Kier molecular flexibility index (Phi) is 4.30. The molecule has 0 bridgehead atoms. The van der Waals surface area contributed by atoms with Gasteiger partial charge in [0.05, 0.1) is 5.56 Å². The topological polar surface area (TPSA) is 9.23 Å². The molecule has 2 rings (SSSR count). The first-order chi connectivity index (χ1) is 10.2. The van der Waals surface area contributed by atoms with Gasteiger partial charge < -0.3 is 4.74 Å². The van der Waals surface area contributed by atoms with Gasteiger partial charge in [-0.25, -0.2) is 17.6 Å². The van der Waals surface area contributed by atoms with Crippen molar-refractivity contribution in [1.29, 1.82) is 0 Å².